The zero-order valence-corrected chi connectivity index (χ0v) is 13.9. The van der Waals surface area contributed by atoms with E-state index in [9.17, 15) is 5.11 Å². The van der Waals surface area contributed by atoms with Gasteiger partial charge in [-0.2, -0.15) is 11.3 Å². The lowest BCUT2D eigenvalue weighted by molar-refractivity contribution is 0.0308. The van der Waals surface area contributed by atoms with Crippen LogP contribution in [-0.2, 0) is 11.2 Å². The number of β-amino-alcohol motifs (C(OH)–C–C–N with tert-alkyl or cyclic N) is 1. The van der Waals surface area contributed by atoms with Crippen LogP contribution in [0.2, 0.25) is 0 Å². The maximum atomic E-state index is 9.78. The van der Waals surface area contributed by atoms with Crippen molar-refractivity contribution in [2.24, 2.45) is 0 Å². The second kappa shape index (κ2) is 8.86. The Morgan fingerprint density at radius 2 is 2.24 bits per heavy atom. The summed E-state index contributed by atoms with van der Waals surface area (Å²) in [6, 6.07) is 3.34. The van der Waals surface area contributed by atoms with Crippen LogP contribution in [0.3, 0.4) is 0 Å². The number of ether oxygens (including phenoxy) is 1. The summed E-state index contributed by atoms with van der Waals surface area (Å²) in [5.74, 6) is 0. The minimum absolute atomic E-state index is 0.364. The standard InChI is InChI=1S/C16H28N2O2S/c1-13(9-14-5-8-21-12-14)17-15-3-6-18(7-4-15)10-16(19)11-20-2/h5,8,12-13,15-17,19H,3-4,6-7,9-11H2,1-2H3. The summed E-state index contributed by atoms with van der Waals surface area (Å²) in [6.07, 6.45) is 3.06. The number of piperidine rings is 1. The number of thiophene rings is 1. The van der Waals surface area contributed by atoms with E-state index < -0.39 is 0 Å². The highest BCUT2D eigenvalue weighted by Crippen LogP contribution is 2.14. The van der Waals surface area contributed by atoms with Crippen LogP contribution in [0.4, 0.5) is 0 Å². The molecule has 2 rings (SSSR count). The second-order valence-electron chi connectivity index (χ2n) is 6.09. The van der Waals surface area contributed by atoms with E-state index in [2.05, 4.69) is 34.0 Å². The van der Waals surface area contributed by atoms with Gasteiger partial charge in [-0.25, -0.2) is 0 Å². The largest absolute Gasteiger partial charge is 0.389 e. The third-order valence-electron chi connectivity index (χ3n) is 4.06. The molecule has 1 fully saturated rings. The molecule has 2 atom stereocenters. The van der Waals surface area contributed by atoms with Gasteiger partial charge in [-0.15, -0.1) is 0 Å². The first-order valence-corrected chi connectivity index (χ1v) is 8.78. The Balaban J connectivity index is 1.64. The molecule has 0 spiro atoms. The van der Waals surface area contributed by atoms with Crippen LogP contribution >= 0.6 is 11.3 Å². The van der Waals surface area contributed by atoms with Crippen LogP contribution in [0.25, 0.3) is 0 Å². The van der Waals surface area contributed by atoms with E-state index in [1.807, 2.05) is 0 Å². The Hall–Kier alpha value is -0.460. The van der Waals surface area contributed by atoms with E-state index in [0.717, 1.165) is 38.9 Å². The molecule has 1 aromatic rings. The van der Waals surface area contributed by atoms with Crippen LogP contribution in [0.1, 0.15) is 25.3 Å². The molecule has 1 aromatic heterocycles. The first-order chi connectivity index (χ1) is 10.2. The van der Waals surface area contributed by atoms with Gasteiger partial charge in [0.05, 0.1) is 12.7 Å². The quantitative estimate of drug-likeness (QED) is 0.767. The molecule has 0 amide bonds. The summed E-state index contributed by atoms with van der Waals surface area (Å²) in [5, 5.41) is 17.9. The molecule has 5 heteroatoms. The van der Waals surface area contributed by atoms with Gasteiger partial charge in [-0.05, 0) is 61.7 Å². The van der Waals surface area contributed by atoms with E-state index in [-0.39, 0.29) is 6.10 Å². The third kappa shape index (κ3) is 6.04. The van der Waals surface area contributed by atoms with Crippen molar-refractivity contribution in [2.75, 3.05) is 33.4 Å². The number of aliphatic hydroxyl groups excluding tert-OH is 1. The van der Waals surface area contributed by atoms with Gasteiger partial charge < -0.3 is 20.1 Å². The Bertz CT molecular complexity index is 378. The fourth-order valence-corrected chi connectivity index (χ4v) is 3.73. The summed E-state index contributed by atoms with van der Waals surface area (Å²) in [7, 11) is 1.63. The molecular weight excluding hydrogens is 284 g/mol. The zero-order valence-electron chi connectivity index (χ0n) is 13.1. The number of nitrogens with zero attached hydrogens (tertiary/aromatic N) is 1. The van der Waals surface area contributed by atoms with Crippen molar-refractivity contribution >= 4 is 11.3 Å². The predicted molar refractivity (Wildman–Crippen MR) is 88.0 cm³/mol. The third-order valence-corrected chi connectivity index (χ3v) is 4.79. The minimum atomic E-state index is -0.364. The number of rotatable bonds is 8. The van der Waals surface area contributed by atoms with Crippen molar-refractivity contribution in [3.63, 3.8) is 0 Å². The van der Waals surface area contributed by atoms with Crippen LogP contribution in [0, 0.1) is 0 Å². The average Bonchev–Trinajstić information content (AvgIpc) is 2.94. The molecule has 0 bridgehead atoms. The SMILES string of the molecule is COCC(O)CN1CCC(NC(C)Cc2ccsc2)CC1. The van der Waals surface area contributed by atoms with Gasteiger partial charge >= 0.3 is 0 Å². The number of hydrogen-bond donors (Lipinski definition) is 2. The Morgan fingerprint density at radius 1 is 1.48 bits per heavy atom. The molecule has 21 heavy (non-hydrogen) atoms. The van der Waals surface area contributed by atoms with E-state index in [0.29, 0.717) is 18.7 Å². The number of methoxy groups -OCH3 is 1. The second-order valence-corrected chi connectivity index (χ2v) is 6.87. The maximum Gasteiger partial charge on any atom is 0.0900 e. The van der Waals surface area contributed by atoms with Gasteiger partial charge in [0.15, 0.2) is 0 Å². The molecular formula is C16H28N2O2S. The molecule has 0 radical (unpaired) electrons. The molecule has 0 saturated carbocycles. The van der Waals surface area contributed by atoms with Crippen molar-refractivity contribution in [3.05, 3.63) is 22.4 Å². The van der Waals surface area contributed by atoms with Crippen LogP contribution in [0.5, 0.6) is 0 Å². The monoisotopic (exact) mass is 312 g/mol. The molecule has 0 aromatic carbocycles. The summed E-state index contributed by atoms with van der Waals surface area (Å²) < 4.78 is 4.98. The van der Waals surface area contributed by atoms with Crippen molar-refractivity contribution in [2.45, 2.75) is 44.4 Å². The topological polar surface area (TPSA) is 44.7 Å². The lowest BCUT2D eigenvalue weighted by Crippen LogP contribution is -2.47. The van der Waals surface area contributed by atoms with E-state index in [4.69, 9.17) is 4.74 Å². The van der Waals surface area contributed by atoms with Crippen LogP contribution < -0.4 is 5.32 Å². The lowest BCUT2D eigenvalue weighted by Gasteiger charge is -2.34. The maximum absolute atomic E-state index is 9.78. The number of likely N-dealkylation sites (tertiary alicyclic amines) is 1. The van der Waals surface area contributed by atoms with E-state index in [1.165, 1.54) is 5.56 Å². The van der Waals surface area contributed by atoms with Crippen molar-refractivity contribution < 1.29 is 9.84 Å². The number of nitrogens with one attached hydrogen (secondary N) is 1. The summed E-state index contributed by atoms with van der Waals surface area (Å²) in [4.78, 5) is 2.34. The molecule has 120 valence electrons. The van der Waals surface area contributed by atoms with Crippen LogP contribution in [0.15, 0.2) is 16.8 Å². The molecule has 4 nitrogen and oxygen atoms in total. The van der Waals surface area contributed by atoms with E-state index >= 15 is 0 Å². The molecule has 2 unspecified atom stereocenters. The highest BCUT2D eigenvalue weighted by molar-refractivity contribution is 7.07. The highest BCUT2D eigenvalue weighted by Gasteiger charge is 2.21. The zero-order chi connectivity index (χ0) is 15.1. The molecule has 1 saturated heterocycles. The molecule has 2 N–H and O–H groups in total. The van der Waals surface area contributed by atoms with Crippen LogP contribution in [-0.4, -0.2) is 61.5 Å². The fourth-order valence-electron chi connectivity index (χ4n) is 3.05. The predicted octanol–water partition coefficient (Wildman–Crippen LogP) is 1.74. The van der Waals surface area contributed by atoms with Crippen molar-refractivity contribution in [1.29, 1.82) is 0 Å². The Morgan fingerprint density at radius 3 is 2.86 bits per heavy atom. The van der Waals surface area contributed by atoms with Gasteiger partial charge in [0.25, 0.3) is 0 Å². The smallest absolute Gasteiger partial charge is 0.0900 e. The first kappa shape index (κ1) is 16.9. The number of aliphatic hydroxyl groups is 1. The Kier molecular flexibility index (Phi) is 7.13. The summed E-state index contributed by atoms with van der Waals surface area (Å²) in [5.41, 5.74) is 1.43. The summed E-state index contributed by atoms with van der Waals surface area (Å²) in [6.45, 7) is 5.54. The Labute approximate surface area is 132 Å². The van der Waals surface area contributed by atoms with E-state index in [1.54, 1.807) is 18.4 Å². The fraction of sp³-hybridized carbons (Fsp3) is 0.750. The average molecular weight is 312 g/mol. The molecule has 0 aliphatic carbocycles. The van der Waals surface area contributed by atoms with Crippen molar-refractivity contribution in [1.82, 2.24) is 10.2 Å². The van der Waals surface area contributed by atoms with Gasteiger partial charge in [-0.3, -0.25) is 0 Å². The van der Waals surface area contributed by atoms with Gasteiger partial charge in [-0.1, -0.05) is 0 Å². The normalized spacial score (nSPS) is 20.5. The molecule has 2 heterocycles. The van der Waals surface area contributed by atoms with Crippen molar-refractivity contribution in [3.8, 4) is 0 Å². The minimum Gasteiger partial charge on any atom is -0.389 e. The van der Waals surface area contributed by atoms with Gasteiger partial charge in [0, 0.05) is 25.7 Å². The van der Waals surface area contributed by atoms with Gasteiger partial charge in [0.2, 0.25) is 0 Å². The highest BCUT2D eigenvalue weighted by atomic mass is 32.1. The lowest BCUT2D eigenvalue weighted by atomic mass is 10.0. The molecule has 1 aliphatic rings. The molecule has 1 aliphatic heterocycles. The number of hydrogen-bond acceptors (Lipinski definition) is 5. The summed E-state index contributed by atoms with van der Waals surface area (Å²) >= 11 is 1.77. The first-order valence-electron chi connectivity index (χ1n) is 7.84. The van der Waals surface area contributed by atoms with Gasteiger partial charge in [0.1, 0.15) is 0 Å².